The van der Waals surface area contributed by atoms with Crippen LogP contribution < -0.4 is 0 Å². The summed E-state index contributed by atoms with van der Waals surface area (Å²) in [6, 6.07) is 7.04. The molecule has 0 saturated heterocycles. The molecule has 0 N–H and O–H groups in total. The molecular formula is C22H18F3N5O2. The Labute approximate surface area is 180 Å². The highest BCUT2D eigenvalue weighted by atomic mass is 19.4. The van der Waals surface area contributed by atoms with Crippen LogP contribution in [0.4, 0.5) is 13.2 Å². The molecule has 4 heterocycles. The first kappa shape index (κ1) is 20.2. The predicted octanol–water partition coefficient (Wildman–Crippen LogP) is 4.40. The van der Waals surface area contributed by atoms with Gasteiger partial charge < -0.3 is 9.32 Å². The third kappa shape index (κ3) is 3.22. The van der Waals surface area contributed by atoms with E-state index in [1.165, 1.54) is 10.7 Å². The van der Waals surface area contributed by atoms with Gasteiger partial charge in [-0.25, -0.2) is 0 Å². The first-order chi connectivity index (χ1) is 15.2. The van der Waals surface area contributed by atoms with E-state index in [-0.39, 0.29) is 17.7 Å². The first-order valence-corrected chi connectivity index (χ1v) is 9.99. The van der Waals surface area contributed by atoms with E-state index in [2.05, 4.69) is 15.1 Å². The van der Waals surface area contributed by atoms with Gasteiger partial charge in [-0.2, -0.15) is 18.3 Å². The van der Waals surface area contributed by atoms with Crippen LogP contribution in [0.2, 0.25) is 0 Å². The summed E-state index contributed by atoms with van der Waals surface area (Å²) < 4.78 is 45.5. The molecule has 10 heteroatoms. The molecule has 164 valence electrons. The molecule has 7 nitrogen and oxygen atoms in total. The van der Waals surface area contributed by atoms with Crippen molar-refractivity contribution in [2.24, 2.45) is 7.05 Å². The Morgan fingerprint density at radius 1 is 1.12 bits per heavy atom. The van der Waals surface area contributed by atoms with Crippen molar-refractivity contribution in [3.05, 3.63) is 65.3 Å². The number of furan rings is 1. The van der Waals surface area contributed by atoms with E-state index in [4.69, 9.17) is 4.42 Å². The number of aromatic nitrogens is 4. The molecule has 0 radical (unpaired) electrons. The van der Waals surface area contributed by atoms with Crippen LogP contribution in [0, 0.1) is 0 Å². The molecule has 0 bridgehead atoms. The average Bonchev–Trinajstić information content (AvgIpc) is 3.37. The Kier molecular flexibility index (Phi) is 4.54. The van der Waals surface area contributed by atoms with Gasteiger partial charge in [-0.15, -0.1) is 0 Å². The molecule has 0 aliphatic carbocycles. The van der Waals surface area contributed by atoms with Crippen molar-refractivity contribution in [3.63, 3.8) is 0 Å². The number of hydrogen-bond donors (Lipinski definition) is 0. The Morgan fingerprint density at radius 2 is 1.88 bits per heavy atom. The number of hydrogen-bond acceptors (Lipinski definition) is 5. The minimum absolute atomic E-state index is 0.105. The molecule has 0 spiro atoms. The highest BCUT2D eigenvalue weighted by molar-refractivity contribution is 5.97. The topological polar surface area (TPSA) is 77.0 Å². The van der Waals surface area contributed by atoms with Crippen molar-refractivity contribution >= 4 is 16.9 Å². The van der Waals surface area contributed by atoms with Gasteiger partial charge in [0.1, 0.15) is 5.69 Å². The Morgan fingerprint density at radius 3 is 2.59 bits per heavy atom. The van der Waals surface area contributed by atoms with Crippen molar-refractivity contribution in [2.45, 2.75) is 25.6 Å². The van der Waals surface area contributed by atoms with Gasteiger partial charge in [0.05, 0.1) is 22.8 Å². The van der Waals surface area contributed by atoms with E-state index >= 15 is 0 Å². The second kappa shape index (κ2) is 7.18. The second-order valence-electron chi connectivity index (χ2n) is 7.68. The summed E-state index contributed by atoms with van der Waals surface area (Å²) in [6.45, 7) is 2.26. The number of halogens is 3. The minimum atomic E-state index is -4.56. The van der Waals surface area contributed by atoms with Crippen molar-refractivity contribution in [1.29, 1.82) is 0 Å². The number of carbonyl (C=O) groups is 1. The minimum Gasteiger partial charge on any atom is -0.450 e. The SMILES string of the molecule is CC1c2nn(C)c(-c3ccc(C(F)(F)F)o3)c2CCN1C(=O)c1ccc2nccnc2c1. The molecule has 1 atom stereocenters. The highest BCUT2D eigenvalue weighted by Crippen LogP contribution is 2.39. The number of rotatable bonds is 2. The largest absolute Gasteiger partial charge is 0.450 e. The van der Waals surface area contributed by atoms with Crippen LogP contribution in [0.3, 0.4) is 0 Å². The normalized spacial score (nSPS) is 16.4. The van der Waals surface area contributed by atoms with E-state index in [0.717, 1.165) is 11.6 Å². The summed E-state index contributed by atoms with van der Waals surface area (Å²) in [5, 5.41) is 4.52. The standard InChI is InChI=1S/C22H18F3N5O2/c1-12-19-14(20(29(2)28-19)17-5-6-18(32-17)22(23,24)25)7-10-30(12)21(31)13-3-4-15-16(11-13)27-9-8-26-15/h3-6,8-9,11-12H,7,10H2,1-2H3. The zero-order valence-electron chi connectivity index (χ0n) is 17.2. The van der Waals surface area contributed by atoms with Crippen molar-refractivity contribution < 1.29 is 22.4 Å². The van der Waals surface area contributed by atoms with E-state index in [1.54, 1.807) is 42.5 Å². The number of aryl methyl sites for hydroxylation is 1. The van der Waals surface area contributed by atoms with Crippen LogP contribution in [0.15, 0.2) is 47.1 Å². The quantitative estimate of drug-likeness (QED) is 0.461. The van der Waals surface area contributed by atoms with Gasteiger partial charge in [0.15, 0.2) is 5.76 Å². The Bertz CT molecular complexity index is 1340. The molecule has 5 rings (SSSR count). The van der Waals surface area contributed by atoms with Gasteiger partial charge in [-0.1, -0.05) is 0 Å². The van der Waals surface area contributed by atoms with Crippen LogP contribution in [0.5, 0.6) is 0 Å². The maximum Gasteiger partial charge on any atom is 0.449 e. The van der Waals surface area contributed by atoms with Gasteiger partial charge in [-0.3, -0.25) is 19.4 Å². The van der Waals surface area contributed by atoms with Crippen LogP contribution in [0.25, 0.3) is 22.5 Å². The average molecular weight is 441 g/mol. The molecular weight excluding hydrogens is 423 g/mol. The molecule has 0 saturated carbocycles. The molecule has 4 aromatic rings. The van der Waals surface area contributed by atoms with Crippen LogP contribution in [0.1, 0.15) is 40.3 Å². The van der Waals surface area contributed by atoms with E-state index in [1.807, 2.05) is 6.92 Å². The first-order valence-electron chi connectivity index (χ1n) is 9.99. The van der Waals surface area contributed by atoms with Gasteiger partial charge in [0, 0.05) is 37.1 Å². The maximum absolute atomic E-state index is 13.2. The second-order valence-corrected chi connectivity index (χ2v) is 7.68. The summed E-state index contributed by atoms with van der Waals surface area (Å²) in [4.78, 5) is 23.4. The summed E-state index contributed by atoms with van der Waals surface area (Å²) in [5.74, 6) is -1.11. The van der Waals surface area contributed by atoms with Gasteiger partial charge in [0.25, 0.3) is 5.91 Å². The number of nitrogens with zero attached hydrogens (tertiary/aromatic N) is 5. The molecule has 1 aliphatic heterocycles. The smallest absolute Gasteiger partial charge is 0.449 e. The fourth-order valence-corrected chi connectivity index (χ4v) is 4.21. The van der Waals surface area contributed by atoms with E-state index in [9.17, 15) is 18.0 Å². The summed E-state index contributed by atoms with van der Waals surface area (Å²) in [6.07, 6.45) is -0.949. The van der Waals surface area contributed by atoms with Crippen LogP contribution >= 0.6 is 0 Å². The number of benzene rings is 1. The summed E-state index contributed by atoms with van der Waals surface area (Å²) in [5.41, 5.74) is 3.75. The number of carbonyl (C=O) groups excluding carboxylic acids is 1. The molecule has 3 aromatic heterocycles. The molecule has 1 amide bonds. The van der Waals surface area contributed by atoms with Crippen LogP contribution in [-0.4, -0.2) is 37.1 Å². The van der Waals surface area contributed by atoms with E-state index < -0.39 is 11.9 Å². The van der Waals surface area contributed by atoms with Gasteiger partial charge in [0.2, 0.25) is 5.76 Å². The van der Waals surface area contributed by atoms with Gasteiger partial charge in [-0.05, 0) is 43.7 Å². The molecule has 32 heavy (non-hydrogen) atoms. The maximum atomic E-state index is 13.2. The molecule has 0 fully saturated rings. The Balaban J connectivity index is 1.47. The van der Waals surface area contributed by atoms with Crippen molar-refractivity contribution in [1.82, 2.24) is 24.6 Å². The number of amides is 1. The summed E-state index contributed by atoms with van der Waals surface area (Å²) >= 11 is 0. The van der Waals surface area contributed by atoms with E-state index in [0.29, 0.717) is 41.0 Å². The Hall–Kier alpha value is -3.69. The monoisotopic (exact) mass is 441 g/mol. The van der Waals surface area contributed by atoms with Crippen LogP contribution in [-0.2, 0) is 19.6 Å². The van der Waals surface area contributed by atoms with Crippen molar-refractivity contribution in [2.75, 3.05) is 6.54 Å². The summed E-state index contributed by atoms with van der Waals surface area (Å²) in [7, 11) is 1.66. The molecule has 1 aromatic carbocycles. The van der Waals surface area contributed by atoms with Crippen molar-refractivity contribution in [3.8, 4) is 11.5 Å². The fourth-order valence-electron chi connectivity index (χ4n) is 4.21. The lowest BCUT2D eigenvalue weighted by Crippen LogP contribution is -2.38. The lowest BCUT2D eigenvalue weighted by molar-refractivity contribution is -0.152. The van der Waals surface area contributed by atoms with Gasteiger partial charge >= 0.3 is 6.18 Å². The molecule has 1 unspecified atom stereocenters. The zero-order valence-corrected chi connectivity index (χ0v) is 17.2. The lowest BCUT2D eigenvalue weighted by Gasteiger charge is -2.33. The number of fused-ring (bicyclic) bond motifs is 2. The highest BCUT2D eigenvalue weighted by Gasteiger charge is 2.37. The molecule has 1 aliphatic rings. The fraction of sp³-hybridized carbons (Fsp3) is 0.273. The third-order valence-corrected chi connectivity index (χ3v) is 5.74. The zero-order chi connectivity index (χ0) is 22.6. The predicted molar refractivity (Wildman–Crippen MR) is 109 cm³/mol. The number of alkyl halides is 3. The third-order valence-electron chi connectivity index (χ3n) is 5.74. The lowest BCUT2D eigenvalue weighted by atomic mass is 9.97.